The Labute approximate surface area is 188 Å². The van der Waals surface area contributed by atoms with Crippen LogP contribution in [0.25, 0.3) is 0 Å². The van der Waals surface area contributed by atoms with Gasteiger partial charge in [0.25, 0.3) is 0 Å². The van der Waals surface area contributed by atoms with Crippen molar-refractivity contribution in [3.63, 3.8) is 0 Å². The summed E-state index contributed by atoms with van der Waals surface area (Å²) in [4.78, 5) is 39.4. The van der Waals surface area contributed by atoms with E-state index in [0.29, 0.717) is 28.6 Å². The molecular formula is C21H20Cl2N4O4. The predicted octanol–water partition coefficient (Wildman–Crippen LogP) is 2.53. The lowest BCUT2D eigenvalue weighted by atomic mass is 10.0. The van der Waals surface area contributed by atoms with Crippen LogP contribution in [0.5, 0.6) is 5.75 Å². The maximum Gasteiger partial charge on any atom is 0.319 e. The standard InChI is InChI=1S/C21H20Cl2N4O4/c22-12-3-6-16(15(23)8-12)26-21(31)24-13-9-18-19(29)25-17(20(30)27(18)10-13)7-11-1-4-14(28)5-2-11/h1-6,8,13,17-18,28H,7,9-10H2,(H,25,29)(H2,24,26,31)/t13-,17+,18-/m0/s1. The molecule has 0 aromatic heterocycles. The van der Waals surface area contributed by atoms with E-state index in [2.05, 4.69) is 16.0 Å². The Hall–Kier alpha value is -2.97. The number of carbonyl (C=O) groups is 3. The average molecular weight is 463 g/mol. The topological polar surface area (TPSA) is 111 Å². The van der Waals surface area contributed by atoms with Crippen molar-refractivity contribution in [1.29, 1.82) is 0 Å². The summed E-state index contributed by atoms with van der Waals surface area (Å²) in [6.45, 7) is 0.241. The lowest BCUT2D eigenvalue weighted by Gasteiger charge is -2.34. The van der Waals surface area contributed by atoms with Crippen LogP contribution in [0, 0.1) is 0 Å². The first kappa shape index (κ1) is 21.3. The molecule has 2 aromatic carbocycles. The van der Waals surface area contributed by atoms with Gasteiger partial charge in [-0.1, -0.05) is 35.3 Å². The molecule has 0 aliphatic carbocycles. The second-order valence-corrected chi connectivity index (χ2v) is 8.44. The fraction of sp³-hybridized carbons (Fsp3) is 0.286. The number of phenolic OH excluding ortho intramolecular Hbond substituents is 1. The number of benzene rings is 2. The molecule has 2 saturated heterocycles. The molecule has 0 spiro atoms. The number of urea groups is 1. The quantitative estimate of drug-likeness (QED) is 0.559. The second kappa shape index (κ2) is 8.64. The monoisotopic (exact) mass is 462 g/mol. The Morgan fingerprint density at radius 1 is 1.16 bits per heavy atom. The van der Waals surface area contributed by atoms with E-state index in [-0.39, 0.29) is 30.2 Å². The summed E-state index contributed by atoms with van der Waals surface area (Å²) in [5, 5.41) is 18.4. The molecule has 8 nitrogen and oxygen atoms in total. The van der Waals surface area contributed by atoms with Crippen LogP contribution in [0.2, 0.25) is 10.0 Å². The lowest BCUT2D eigenvalue weighted by Crippen LogP contribution is -2.61. The highest BCUT2D eigenvalue weighted by molar-refractivity contribution is 6.36. The molecule has 4 N–H and O–H groups in total. The number of fused-ring (bicyclic) bond motifs is 1. The number of rotatable bonds is 4. The molecule has 0 saturated carbocycles. The number of nitrogens with zero attached hydrogens (tertiary/aromatic N) is 1. The summed E-state index contributed by atoms with van der Waals surface area (Å²) in [6, 6.07) is 9.05. The first-order chi connectivity index (χ1) is 14.8. The van der Waals surface area contributed by atoms with Gasteiger partial charge in [0.05, 0.1) is 16.8 Å². The molecule has 10 heteroatoms. The van der Waals surface area contributed by atoms with E-state index in [1.54, 1.807) is 24.3 Å². The Bertz CT molecular complexity index is 1030. The molecule has 2 aliphatic rings. The van der Waals surface area contributed by atoms with E-state index in [4.69, 9.17) is 23.2 Å². The van der Waals surface area contributed by atoms with Gasteiger partial charge in [0.2, 0.25) is 11.8 Å². The van der Waals surface area contributed by atoms with Gasteiger partial charge in [-0.15, -0.1) is 0 Å². The van der Waals surface area contributed by atoms with Gasteiger partial charge in [-0.05, 0) is 42.3 Å². The maximum atomic E-state index is 12.9. The highest BCUT2D eigenvalue weighted by atomic mass is 35.5. The maximum absolute atomic E-state index is 12.9. The Balaban J connectivity index is 1.38. The highest BCUT2D eigenvalue weighted by Gasteiger charge is 2.46. The van der Waals surface area contributed by atoms with Gasteiger partial charge in [0.15, 0.2) is 0 Å². The van der Waals surface area contributed by atoms with Crippen molar-refractivity contribution in [3.05, 3.63) is 58.1 Å². The van der Waals surface area contributed by atoms with Crippen LogP contribution in [-0.2, 0) is 16.0 Å². The third-order valence-corrected chi connectivity index (χ3v) is 5.94. The van der Waals surface area contributed by atoms with Crippen molar-refractivity contribution in [2.24, 2.45) is 0 Å². The van der Waals surface area contributed by atoms with Gasteiger partial charge in [-0.25, -0.2) is 4.79 Å². The van der Waals surface area contributed by atoms with E-state index in [1.807, 2.05) is 0 Å². The fourth-order valence-corrected chi connectivity index (χ4v) is 4.36. The van der Waals surface area contributed by atoms with Crippen LogP contribution in [0.15, 0.2) is 42.5 Å². The summed E-state index contributed by atoms with van der Waals surface area (Å²) >= 11 is 11.9. The number of nitrogens with one attached hydrogen (secondary N) is 3. The smallest absolute Gasteiger partial charge is 0.319 e. The van der Waals surface area contributed by atoms with Gasteiger partial charge in [-0.3, -0.25) is 9.59 Å². The van der Waals surface area contributed by atoms with Gasteiger partial charge < -0.3 is 26.0 Å². The molecule has 2 aromatic rings. The number of aromatic hydroxyl groups is 1. The number of piperazine rings is 1. The molecule has 2 aliphatic heterocycles. The summed E-state index contributed by atoms with van der Waals surface area (Å²) in [7, 11) is 0. The molecule has 4 amide bonds. The van der Waals surface area contributed by atoms with Crippen molar-refractivity contribution in [2.75, 3.05) is 11.9 Å². The number of hydrogen-bond donors (Lipinski definition) is 4. The van der Waals surface area contributed by atoms with Crippen LogP contribution in [-0.4, -0.2) is 52.5 Å². The lowest BCUT2D eigenvalue weighted by molar-refractivity contribution is -0.147. The van der Waals surface area contributed by atoms with Crippen LogP contribution in [0.1, 0.15) is 12.0 Å². The van der Waals surface area contributed by atoms with Crippen LogP contribution < -0.4 is 16.0 Å². The Morgan fingerprint density at radius 3 is 2.61 bits per heavy atom. The van der Waals surface area contributed by atoms with Gasteiger partial charge >= 0.3 is 6.03 Å². The van der Waals surface area contributed by atoms with E-state index in [1.165, 1.54) is 23.1 Å². The normalized spacial score (nSPS) is 22.6. The fourth-order valence-electron chi connectivity index (χ4n) is 3.90. The zero-order valence-corrected chi connectivity index (χ0v) is 17.8. The number of hydrogen-bond acceptors (Lipinski definition) is 4. The molecule has 0 unspecified atom stereocenters. The highest BCUT2D eigenvalue weighted by Crippen LogP contribution is 2.26. The molecule has 162 valence electrons. The van der Waals surface area contributed by atoms with Crippen molar-refractivity contribution in [1.82, 2.24) is 15.5 Å². The molecule has 3 atom stereocenters. The molecule has 4 rings (SSSR count). The number of anilines is 1. The molecule has 0 radical (unpaired) electrons. The Kier molecular flexibility index (Phi) is 5.93. The van der Waals surface area contributed by atoms with E-state index >= 15 is 0 Å². The average Bonchev–Trinajstić information content (AvgIpc) is 3.14. The van der Waals surface area contributed by atoms with E-state index in [0.717, 1.165) is 5.56 Å². The predicted molar refractivity (Wildman–Crippen MR) is 116 cm³/mol. The zero-order chi connectivity index (χ0) is 22.1. The largest absolute Gasteiger partial charge is 0.508 e. The summed E-state index contributed by atoms with van der Waals surface area (Å²) in [5.41, 5.74) is 1.23. The molecule has 2 fully saturated rings. The van der Waals surface area contributed by atoms with Crippen LogP contribution in [0.4, 0.5) is 10.5 Å². The summed E-state index contributed by atoms with van der Waals surface area (Å²) in [5.74, 6) is -0.300. The Morgan fingerprint density at radius 2 is 1.90 bits per heavy atom. The van der Waals surface area contributed by atoms with E-state index < -0.39 is 18.1 Å². The third kappa shape index (κ3) is 4.70. The number of phenols is 1. The van der Waals surface area contributed by atoms with Crippen molar-refractivity contribution < 1.29 is 19.5 Å². The van der Waals surface area contributed by atoms with Crippen molar-refractivity contribution >= 4 is 46.7 Å². The first-order valence-corrected chi connectivity index (χ1v) is 10.5. The molecular weight excluding hydrogens is 443 g/mol. The molecule has 0 bridgehead atoms. The van der Waals surface area contributed by atoms with Crippen molar-refractivity contribution in [3.8, 4) is 5.75 Å². The minimum absolute atomic E-state index is 0.134. The SMILES string of the molecule is O=C(Nc1ccc(Cl)cc1Cl)N[C@H]1C[C@H]2C(=O)N[C@H](Cc3ccc(O)cc3)C(=O)N2C1. The number of carbonyl (C=O) groups excluding carboxylic acids is 3. The number of amides is 4. The van der Waals surface area contributed by atoms with Gasteiger partial charge in [-0.2, -0.15) is 0 Å². The van der Waals surface area contributed by atoms with Crippen LogP contribution in [0.3, 0.4) is 0 Å². The van der Waals surface area contributed by atoms with Gasteiger partial charge in [0, 0.05) is 18.0 Å². The third-order valence-electron chi connectivity index (χ3n) is 5.39. The second-order valence-electron chi connectivity index (χ2n) is 7.59. The number of halogens is 2. The first-order valence-electron chi connectivity index (χ1n) is 9.71. The van der Waals surface area contributed by atoms with Gasteiger partial charge in [0.1, 0.15) is 17.8 Å². The minimum atomic E-state index is -0.686. The minimum Gasteiger partial charge on any atom is -0.508 e. The molecule has 2 heterocycles. The van der Waals surface area contributed by atoms with Crippen LogP contribution >= 0.6 is 23.2 Å². The van der Waals surface area contributed by atoms with Crippen molar-refractivity contribution in [2.45, 2.75) is 31.0 Å². The van der Waals surface area contributed by atoms with E-state index in [9.17, 15) is 19.5 Å². The molecule has 31 heavy (non-hydrogen) atoms. The summed E-state index contributed by atoms with van der Waals surface area (Å²) in [6.07, 6.45) is 0.646. The summed E-state index contributed by atoms with van der Waals surface area (Å²) < 4.78 is 0. The zero-order valence-electron chi connectivity index (χ0n) is 16.3.